The van der Waals surface area contributed by atoms with E-state index in [0.29, 0.717) is 16.4 Å². The van der Waals surface area contributed by atoms with E-state index >= 15 is 0 Å². The van der Waals surface area contributed by atoms with Gasteiger partial charge in [0.1, 0.15) is 6.54 Å². The van der Waals surface area contributed by atoms with Crippen LogP contribution in [0.4, 0.5) is 13.2 Å². The molecule has 0 aliphatic carbocycles. The number of halogens is 4. The maximum Gasteiger partial charge on any atom is 0.416 e. The number of hydrogen-bond donors (Lipinski definition) is 1. The summed E-state index contributed by atoms with van der Waals surface area (Å²) in [6.07, 6.45) is -4.39. The number of nitrogens with zero attached hydrogens (tertiary/aromatic N) is 3. The van der Waals surface area contributed by atoms with Gasteiger partial charge in [-0.15, -0.1) is 0 Å². The quantitative estimate of drug-likeness (QED) is 0.572. The van der Waals surface area contributed by atoms with Crippen molar-refractivity contribution in [2.75, 3.05) is 7.05 Å². The zero-order chi connectivity index (χ0) is 21.2. The molecule has 1 heterocycles. The largest absolute Gasteiger partial charge is 0.416 e. The van der Waals surface area contributed by atoms with Crippen LogP contribution in [0.15, 0.2) is 48.5 Å². The molecule has 10 heteroatoms. The Hall–Kier alpha value is -2.65. The fraction of sp³-hybridized carbons (Fsp3) is 0.211. The molecule has 2 aromatic carbocycles. The summed E-state index contributed by atoms with van der Waals surface area (Å²) in [5.74, 6) is 0.223. The summed E-state index contributed by atoms with van der Waals surface area (Å²) in [4.78, 5) is 14.1. The first-order valence-corrected chi connectivity index (χ1v) is 9.25. The number of alkyl halides is 3. The van der Waals surface area contributed by atoms with Crippen molar-refractivity contribution in [1.29, 1.82) is 0 Å². The summed E-state index contributed by atoms with van der Waals surface area (Å²) in [5, 5.41) is 7.41. The average molecular weight is 441 g/mol. The molecule has 0 saturated heterocycles. The Morgan fingerprint density at radius 1 is 1.17 bits per heavy atom. The molecule has 5 nitrogen and oxygen atoms in total. The smallest absolute Gasteiger partial charge is 0.340 e. The topological polar surface area (TPSA) is 53.9 Å². The Kier molecular flexibility index (Phi) is 6.09. The molecule has 0 bridgehead atoms. The van der Waals surface area contributed by atoms with Crippen molar-refractivity contribution in [1.82, 2.24) is 19.7 Å². The third kappa shape index (κ3) is 5.04. The molecule has 0 unspecified atom stereocenters. The number of H-pyrrole nitrogens is 1. The summed E-state index contributed by atoms with van der Waals surface area (Å²) in [7, 11) is 1.58. The minimum absolute atomic E-state index is 0.0651. The molecule has 0 atom stereocenters. The number of aromatic amines is 1. The first-order chi connectivity index (χ1) is 13.6. The van der Waals surface area contributed by atoms with Crippen molar-refractivity contribution in [2.45, 2.75) is 19.3 Å². The SMILES string of the molecule is CN(Cc1ccc(C(F)(F)F)cc1)C(=O)Cn1c(-c2ccc(Cl)cc2)n[nH]c1=S. The van der Waals surface area contributed by atoms with Crippen LogP contribution < -0.4 is 0 Å². The number of nitrogens with one attached hydrogen (secondary N) is 1. The summed E-state index contributed by atoms with van der Waals surface area (Å²) < 4.78 is 39.8. The molecule has 3 aromatic rings. The molecule has 0 spiro atoms. The molecule has 0 aliphatic rings. The van der Waals surface area contributed by atoms with Crippen LogP contribution in [0.1, 0.15) is 11.1 Å². The molecule has 0 fully saturated rings. The zero-order valence-electron chi connectivity index (χ0n) is 15.2. The molecule has 152 valence electrons. The van der Waals surface area contributed by atoms with Crippen LogP contribution in [-0.4, -0.2) is 32.6 Å². The molecule has 29 heavy (non-hydrogen) atoms. The minimum Gasteiger partial charge on any atom is -0.340 e. The van der Waals surface area contributed by atoms with Crippen molar-refractivity contribution in [3.63, 3.8) is 0 Å². The number of likely N-dealkylation sites (N-methyl/N-ethyl adjacent to an activating group) is 1. The molecule has 1 amide bonds. The number of amides is 1. The van der Waals surface area contributed by atoms with Gasteiger partial charge in [0.15, 0.2) is 10.6 Å². The Bertz CT molecular complexity index is 1060. The standard InChI is InChI=1S/C19H16ClF3N4OS/c1-26(10-12-2-6-14(7-3-12)19(21,22)23)16(28)11-27-17(24-25-18(27)29)13-4-8-15(20)9-5-13/h2-9H,10-11H2,1H3,(H,25,29). The van der Waals surface area contributed by atoms with E-state index in [1.807, 2.05) is 0 Å². The number of hydrogen-bond acceptors (Lipinski definition) is 3. The van der Waals surface area contributed by atoms with E-state index in [-0.39, 0.29) is 23.8 Å². The fourth-order valence-electron chi connectivity index (χ4n) is 2.70. The lowest BCUT2D eigenvalue weighted by Gasteiger charge is -2.18. The first-order valence-electron chi connectivity index (χ1n) is 8.46. The highest BCUT2D eigenvalue weighted by Crippen LogP contribution is 2.29. The van der Waals surface area contributed by atoms with Gasteiger partial charge in [-0.05, 0) is 54.2 Å². The summed E-state index contributed by atoms with van der Waals surface area (Å²) in [6.45, 7) is 0.100. The predicted molar refractivity (Wildman–Crippen MR) is 106 cm³/mol. The Morgan fingerprint density at radius 3 is 2.38 bits per heavy atom. The van der Waals surface area contributed by atoms with Crippen LogP contribution in [0.3, 0.4) is 0 Å². The van der Waals surface area contributed by atoms with E-state index in [2.05, 4.69) is 10.2 Å². The summed E-state index contributed by atoms with van der Waals surface area (Å²) in [6, 6.07) is 11.6. The lowest BCUT2D eigenvalue weighted by atomic mass is 10.1. The first kappa shape index (κ1) is 21.1. The van der Waals surface area contributed by atoms with Crippen LogP contribution in [0.25, 0.3) is 11.4 Å². The van der Waals surface area contributed by atoms with Crippen LogP contribution in [-0.2, 0) is 24.1 Å². The molecular formula is C19H16ClF3N4OS. The third-order valence-corrected chi connectivity index (χ3v) is 4.84. The number of aromatic nitrogens is 3. The van der Waals surface area contributed by atoms with Crippen molar-refractivity contribution < 1.29 is 18.0 Å². The highest BCUT2D eigenvalue weighted by Gasteiger charge is 2.30. The predicted octanol–water partition coefficient (Wildman–Crippen LogP) is 4.94. The minimum atomic E-state index is -4.39. The summed E-state index contributed by atoms with van der Waals surface area (Å²) >= 11 is 11.1. The van der Waals surface area contributed by atoms with Gasteiger partial charge < -0.3 is 4.90 Å². The zero-order valence-corrected chi connectivity index (χ0v) is 16.8. The van der Waals surface area contributed by atoms with Crippen LogP contribution in [0.5, 0.6) is 0 Å². The molecular weight excluding hydrogens is 425 g/mol. The Labute approximate surface area is 174 Å². The normalized spacial score (nSPS) is 11.5. The van der Waals surface area contributed by atoms with Crippen LogP contribution in [0.2, 0.25) is 5.02 Å². The number of benzene rings is 2. The van der Waals surface area contributed by atoms with Crippen molar-refractivity contribution in [3.8, 4) is 11.4 Å². The molecule has 0 aliphatic heterocycles. The van der Waals surface area contributed by atoms with E-state index < -0.39 is 11.7 Å². The second kappa shape index (κ2) is 8.38. The average Bonchev–Trinajstić information content (AvgIpc) is 3.02. The lowest BCUT2D eigenvalue weighted by molar-refractivity contribution is -0.137. The van der Waals surface area contributed by atoms with E-state index in [4.69, 9.17) is 23.8 Å². The molecule has 1 aromatic heterocycles. The number of rotatable bonds is 5. The van der Waals surface area contributed by atoms with Gasteiger partial charge in [0.05, 0.1) is 5.56 Å². The van der Waals surface area contributed by atoms with Crippen molar-refractivity contribution >= 4 is 29.7 Å². The van der Waals surface area contributed by atoms with E-state index in [1.165, 1.54) is 17.0 Å². The van der Waals surface area contributed by atoms with Crippen molar-refractivity contribution in [2.24, 2.45) is 0 Å². The van der Waals surface area contributed by atoms with Gasteiger partial charge in [-0.2, -0.15) is 18.3 Å². The second-order valence-electron chi connectivity index (χ2n) is 6.39. The van der Waals surface area contributed by atoms with Crippen LogP contribution >= 0.6 is 23.8 Å². The highest BCUT2D eigenvalue weighted by atomic mass is 35.5. The second-order valence-corrected chi connectivity index (χ2v) is 7.21. The van der Waals surface area contributed by atoms with E-state index in [1.54, 1.807) is 35.9 Å². The highest BCUT2D eigenvalue weighted by molar-refractivity contribution is 7.71. The molecule has 0 saturated carbocycles. The van der Waals surface area contributed by atoms with E-state index in [0.717, 1.165) is 17.7 Å². The molecule has 0 radical (unpaired) electrons. The van der Waals surface area contributed by atoms with E-state index in [9.17, 15) is 18.0 Å². The molecule has 3 rings (SSSR count). The monoisotopic (exact) mass is 440 g/mol. The van der Waals surface area contributed by atoms with Gasteiger partial charge >= 0.3 is 6.18 Å². The molecule has 1 N–H and O–H groups in total. The van der Waals surface area contributed by atoms with Gasteiger partial charge in [0.2, 0.25) is 5.91 Å². The number of carbonyl (C=O) groups excluding carboxylic acids is 1. The van der Waals surface area contributed by atoms with Gasteiger partial charge in [0, 0.05) is 24.2 Å². The van der Waals surface area contributed by atoms with Gasteiger partial charge in [-0.25, -0.2) is 0 Å². The lowest BCUT2D eigenvalue weighted by Crippen LogP contribution is -2.30. The van der Waals surface area contributed by atoms with Gasteiger partial charge in [-0.1, -0.05) is 23.7 Å². The van der Waals surface area contributed by atoms with Crippen LogP contribution in [0, 0.1) is 4.77 Å². The third-order valence-electron chi connectivity index (χ3n) is 4.28. The maximum absolute atomic E-state index is 12.7. The fourth-order valence-corrected chi connectivity index (χ4v) is 3.02. The van der Waals surface area contributed by atoms with Gasteiger partial charge in [0.25, 0.3) is 0 Å². The van der Waals surface area contributed by atoms with Gasteiger partial charge in [-0.3, -0.25) is 14.5 Å². The Morgan fingerprint density at radius 2 is 1.79 bits per heavy atom. The maximum atomic E-state index is 12.7. The Balaban J connectivity index is 1.73. The summed E-state index contributed by atoms with van der Waals surface area (Å²) in [5.41, 5.74) is 0.593. The van der Waals surface area contributed by atoms with Crippen molar-refractivity contribution in [3.05, 3.63) is 69.5 Å². The number of carbonyl (C=O) groups is 1.